The van der Waals surface area contributed by atoms with Crippen molar-refractivity contribution >= 4 is 22.9 Å². The van der Waals surface area contributed by atoms with Crippen LogP contribution in [0.1, 0.15) is 28.4 Å². The van der Waals surface area contributed by atoms with Gasteiger partial charge in [0.15, 0.2) is 17.5 Å². The summed E-state index contributed by atoms with van der Waals surface area (Å²) in [5.41, 5.74) is 5.96. The second kappa shape index (κ2) is 17.8. The van der Waals surface area contributed by atoms with Crippen LogP contribution >= 0.6 is 0 Å². The monoisotopic (exact) mass is 570 g/mol. The zero-order valence-corrected chi connectivity index (χ0v) is 23.5. The molecule has 3 N–H and O–H groups in total. The minimum absolute atomic E-state index is 0.250. The SMILES string of the molecule is CCO.CN1CCN(Cc2cc(F)c(F)c(F)c2)CC1.Cc1cccc2cccnc12.O=Cc1ccc(NO)cc1. The van der Waals surface area contributed by atoms with Crippen LogP contribution in [0.4, 0.5) is 18.9 Å². The van der Waals surface area contributed by atoms with Crippen LogP contribution in [0.2, 0.25) is 0 Å². The molecule has 7 nitrogen and oxygen atoms in total. The summed E-state index contributed by atoms with van der Waals surface area (Å²) in [6.07, 6.45) is 2.58. The maximum absolute atomic E-state index is 13.0. The van der Waals surface area contributed by atoms with Gasteiger partial charge in [-0.3, -0.25) is 25.4 Å². The fraction of sp³-hybridized carbons (Fsp3) is 0.290. The van der Waals surface area contributed by atoms with Crippen LogP contribution in [-0.4, -0.2) is 71.2 Å². The van der Waals surface area contributed by atoms with E-state index in [1.165, 1.54) is 10.9 Å². The Balaban J connectivity index is 0.000000214. The van der Waals surface area contributed by atoms with Crippen molar-refractivity contribution in [2.24, 2.45) is 0 Å². The van der Waals surface area contributed by atoms with E-state index in [1.54, 1.807) is 31.2 Å². The van der Waals surface area contributed by atoms with E-state index >= 15 is 0 Å². The molecule has 0 bridgehead atoms. The van der Waals surface area contributed by atoms with Crippen molar-refractivity contribution in [2.45, 2.75) is 20.4 Å². The van der Waals surface area contributed by atoms with Crippen LogP contribution < -0.4 is 5.48 Å². The number of carbonyl (C=O) groups excluding carboxylic acids is 1. The Hall–Kier alpha value is -3.83. The number of nitrogens with zero attached hydrogens (tertiary/aromatic N) is 3. The number of aryl methyl sites for hydroxylation is 1. The van der Waals surface area contributed by atoms with Crippen molar-refractivity contribution in [3.8, 4) is 0 Å². The Morgan fingerprint density at radius 1 is 0.951 bits per heavy atom. The molecule has 0 spiro atoms. The van der Waals surface area contributed by atoms with E-state index < -0.39 is 17.5 Å². The smallest absolute Gasteiger partial charge is 0.194 e. The standard InChI is InChI=1S/C12H15F3N2.C10H9N.C7H7NO2.C2H6O/c1-16-2-4-17(5-3-16)8-9-6-10(13)12(15)11(14)7-9;1-8-4-2-5-9-6-3-7-11-10(8)9;9-5-6-1-3-7(8-10)4-2-6;1-2-3/h6-7H,2-5,8H2,1H3;2-7H,1H3;1-5,8,10H;3H,2H2,1H3. The highest BCUT2D eigenvalue weighted by molar-refractivity contribution is 5.81. The molecule has 2 heterocycles. The molecule has 1 aliphatic heterocycles. The zero-order valence-electron chi connectivity index (χ0n) is 23.5. The maximum Gasteiger partial charge on any atom is 0.194 e. The zero-order chi connectivity index (χ0) is 30.2. The summed E-state index contributed by atoms with van der Waals surface area (Å²) < 4.78 is 38.8. The van der Waals surface area contributed by atoms with Gasteiger partial charge in [0.05, 0.1) is 11.2 Å². The highest BCUT2D eigenvalue weighted by Gasteiger charge is 2.16. The third-order valence-corrected chi connectivity index (χ3v) is 6.06. The van der Waals surface area contributed by atoms with Gasteiger partial charge in [0.2, 0.25) is 0 Å². The number of anilines is 1. The number of pyridine rings is 1. The lowest BCUT2D eigenvalue weighted by Gasteiger charge is -2.32. The topological polar surface area (TPSA) is 88.9 Å². The van der Waals surface area contributed by atoms with E-state index in [1.807, 2.05) is 24.8 Å². The van der Waals surface area contributed by atoms with Crippen molar-refractivity contribution in [1.29, 1.82) is 0 Å². The van der Waals surface area contributed by atoms with Gasteiger partial charge in [-0.15, -0.1) is 0 Å². The number of fused-ring (bicyclic) bond motifs is 1. The van der Waals surface area contributed by atoms with Gasteiger partial charge in [-0.1, -0.05) is 24.3 Å². The molecule has 1 aromatic heterocycles. The molecule has 0 atom stereocenters. The number of carbonyl (C=O) groups is 1. The van der Waals surface area contributed by atoms with Gasteiger partial charge in [-0.2, -0.15) is 0 Å². The normalized spacial score (nSPS) is 13.1. The summed E-state index contributed by atoms with van der Waals surface area (Å²) in [6.45, 7) is 8.06. The quantitative estimate of drug-likeness (QED) is 0.165. The average molecular weight is 571 g/mol. The molecule has 10 heteroatoms. The van der Waals surface area contributed by atoms with Crippen LogP contribution in [0.3, 0.4) is 0 Å². The van der Waals surface area contributed by atoms with E-state index in [9.17, 15) is 18.0 Å². The van der Waals surface area contributed by atoms with Crippen LogP contribution in [0.5, 0.6) is 0 Å². The van der Waals surface area contributed by atoms with Gasteiger partial charge in [-0.25, -0.2) is 13.2 Å². The predicted octanol–water partition coefficient (Wildman–Crippen LogP) is 5.69. The van der Waals surface area contributed by atoms with E-state index in [2.05, 4.69) is 46.0 Å². The molecule has 5 rings (SSSR count). The van der Waals surface area contributed by atoms with E-state index in [-0.39, 0.29) is 6.61 Å². The molecule has 0 amide bonds. The van der Waals surface area contributed by atoms with Crippen molar-refractivity contribution in [3.63, 3.8) is 0 Å². The van der Waals surface area contributed by atoms with Gasteiger partial charge in [-0.05, 0) is 74.5 Å². The number of benzene rings is 3. The second-order valence-corrected chi connectivity index (χ2v) is 9.27. The molecule has 0 aliphatic carbocycles. The van der Waals surface area contributed by atoms with Crippen LogP contribution in [0, 0.1) is 24.4 Å². The molecule has 1 aliphatic rings. The summed E-state index contributed by atoms with van der Waals surface area (Å²) in [5, 5.41) is 17.1. The number of nitrogens with one attached hydrogen (secondary N) is 1. The van der Waals surface area contributed by atoms with Crippen molar-refractivity contribution < 1.29 is 28.3 Å². The van der Waals surface area contributed by atoms with Crippen LogP contribution in [0.15, 0.2) is 72.9 Å². The summed E-state index contributed by atoms with van der Waals surface area (Å²) in [6, 6.07) is 18.8. The molecule has 0 unspecified atom stereocenters. The third-order valence-electron chi connectivity index (χ3n) is 6.06. The number of aldehydes is 1. The Kier molecular flexibility index (Phi) is 14.5. The lowest BCUT2D eigenvalue weighted by Crippen LogP contribution is -2.43. The molecule has 4 aromatic rings. The van der Waals surface area contributed by atoms with Crippen LogP contribution in [-0.2, 0) is 6.54 Å². The number of rotatable bonds is 4. The number of piperazine rings is 1. The first kappa shape index (κ1) is 33.4. The van der Waals surface area contributed by atoms with Crippen molar-refractivity contribution in [1.82, 2.24) is 14.8 Å². The molecular weight excluding hydrogens is 533 g/mol. The number of hydrogen-bond donors (Lipinski definition) is 3. The van der Waals surface area contributed by atoms with Gasteiger partial charge in [0.25, 0.3) is 0 Å². The average Bonchev–Trinajstić information content (AvgIpc) is 2.98. The van der Waals surface area contributed by atoms with E-state index in [4.69, 9.17) is 10.3 Å². The molecule has 41 heavy (non-hydrogen) atoms. The lowest BCUT2D eigenvalue weighted by atomic mass is 10.1. The van der Waals surface area contributed by atoms with Gasteiger partial charge in [0.1, 0.15) is 6.29 Å². The fourth-order valence-corrected chi connectivity index (χ4v) is 3.86. The van der Waals surface area contributed by atoms with E-state index in [0.717, 1.165) is 50.1 Å². The number of halogens is 3. The van der Waals surface area contributed by atoms with E-state index in [0.29, 0.717) is 23.4 Å². The second-order valence-electron chi connectivity index (χ2n) is 9.27. The van der Waals surface area contributed by atoms with Gasteiger partial charge >= 0.3 is 0 Å². The largest absolute Gasteiger partial charge is 0.397 e. The molecule has 3 aromatic carbocycles. The minimum Gasteiger partial charge on any atom is -0.397 e. The predicted molar refractivity (Wildman–Crippen MR) is 156 cm³/mol. The third kappa shape index (κ3) is 11.3. The summed E-state index contributed by atoms with van der Waals surface area (Å²) >= 11 is 0. The number of aromatic nitrogens is 1. The number of likely N-dealkylation sites (N-methyl/N-ethyl adjacent to an activating group) is 1. The first-order chi connectivity index (χ1) is 19.7. The summed E-state index contributed by atoms with van der Waals surface area (Å²) in [5.74, 6) is -3.63. The summed E-state index contributed by atoms with van der Waals surface area (Å²) in [4.78, 5) is 18.7. The Labute approximate surface area is 238 Å². The van der Waals surface area contributed by atoms with Crippen molar-refractivity contribution in [3.05, 3.63) is 107 Å². The van der Waals surface area contributed by atoms with Crippen molar-refractivity contribution in [2.75, 3.05) is 45.3 Å². The number of aliphatic hydroxyl groups is 1. The van der Waals surface area contributed by atoms with Gasteiger partial charge in [0, 0.05) is 56.5 Å². The molecule has 1 fully saturated rings. The Morgan fingerprint density at radius 3 is 2.07 bits per heavy atom. The van der Waals surface area contributed by atoms with Gasteiger partial charge < -0.3 is 10.0 Å². The number of hydrogen-bond acceptors (Lipinski definition) is 7. The first-order valence-electron chi connectivity index (χ1n) is 13.1. The number of aliphatic hydroxyl groups excluding tert-OH is 1. The number of para-hydroxylation sites is 1. The molecule has 1 saturated heterocycles. The minimum atomic E-state index is -1.40. The molecule has 220 valence electrons. The Morgan fingerprint density at radius 2 is 1.54 bits per heavy atom. The highest BCUT2D eigenvalue weighted by atomic mass is 19.2. The summed E-state index contributed by atoms with van der Waals surface area (Å²) in [7, 11) is 2.04. The highest BCUT2D eigenvalue weighted by Crippen LogP contribution is 2.16. The lowest BCUT2D eigenvalue weighted by molar-refractivity contribution is 0.112. The molecule has 0 radical (unpaired) electrons. The first-order valence-corrected chi connectivity index (χ1v) is 13.1. The van der Waals surface area contributed by atoms with Crippen LogP contribution in [0.25, 0.3) is 10.9 Å². The fourth-order valence-electron chi connectivity index (χ4n) is 3.86. The Bertz CT molecular complexity index is 1320. The molecule has 0 saturated carbocycles. The molecular formula is C31H37F3N4O3. The maximum atomic E-state index is 13.0.